The second kappa shape index (κ2) is 5.49. The number of aromatic nitrogens is 2. The van der Waals surface area contributed by atoms with Crippen molar-refractivity contribution in [1.29, 1.82) is 0 Å². The molecule has 4 heteroatoms. The summed E-state index contributed by atoms with van der Waals surface area (Å²) in [6, 6.07) is 7.90. The van der Waals surface area contributed by atoms with Crippen molar-refractivity contribution in [3.8, 4) is 0 Å². The Morgan fingerprint density at radius 1 is 1.33 bits per heavy atom. The first-order valence-corrected chi connectivity index (χ1v) is 6.04. The van der Waals surface area contributed by atoms with E-state index < -0.39 is 0 Å². The van der Waals surface area contributed by atoms with Crippen molar-refractivity contribution in [2.45, 2.75) is 19.8 Å². The first-order chi connectivity index (χ1) is 8.69. The molecule has 4 nitrogen and oxygen atoms in total. The summed E-state index contributed by atoms with van der Waals surface area (Å²) in [4.78, 5) is 15.9. The number of amides is 1. The molecule has 1 heterocycles. The second-order valence-electron chi connectivity index (χ2n) is 4.23. The van der Waals surface area contributed by atoms with E-state index in [1.807, 2.05) is 42.1 Å². The lowest BCUT2D eigenvalue weighted by Crippen LogP contribution is -2.16. The van der Waals surface area contributed by atoms with Gasteiger partial charge < -0.3 is 9.88 Å². The molecule has 0 bridgehead atoms. The molecule has 1 aromatic carbocycles. The molecule has 0 aliphatic rings. The van der Waals surface area contributed by atoms with Crippen LogP contribution in [-0.2, 0) is 24.7 Å². The zero-order valence-corrected chi connectivity index (χ0v) is 10.7. The predicted octanol–water partition coefficient (Wildman–Crippen LogP) is 2.16. The maximum Gasteiger partial charge on any atom is 0.231 e. The van der Waals surface area contributed by atoms with Gasteiger partial charge in [0.15, 0.2) is 0 Å². The highest BCUT2D eigenvalue weighted by Gasteiger charge is 2.07. The number of anilines is 1. The van der Waals surface area contributed by atoms with Gasteiger partial charge in [-0.1, -0.05) is 19.1 Å². The van der Waals surface area contributed by atoms with Crippen LogP contribution in [0.15, 0.2) is 36.7 Å². The van der Waals surface area contributed by atoms with Crippen molar-refractivity contribution in [2.75, 3.05) is 5.32 Å². The fourth-order valence-electron chi connectivity index (χ4n) is 1.74. The van der Waals surface area contributed by atoms with Crippen LogP contribution < -0.4 is 5.32 Å². The third kappa shape index (κ3) is 2.97. The van der Waals surface area contributed by atoms with Crippen LogP contribution in [0.25, 0.3) is 0 Å². The summed E-state index contributed by atoms with van der Waals surface area (Å²) in [5, 5.41) is 2.87. The molecule has 1 aromatic heterocycles. The Bertz CT molecular complexity index is 528. The van der Waals surface area contributed by atoms with Gasteiger partial charge in [-0.15, -0.1) is 0 Å². The Hall–Kier alpha value is -2.10. The van der Waals surface area contributed by atoms with E-state index in [4.69, 9.17) is 0 Å². The topological polar surface area (TPSA) is 46.9 Å². The molecule has 2 rings (SSSR count). The number of benzene rings is 1. The molecular formula is C14H17N3O. The highest BCUT2D eigenvalue weighted by atomic mass is 16.1. The van der Waals surface area contributed by atoms with Crippen LogP contribution in [0.4, 0.5) is 5.69 Å². The summed E-state index contributed by atoms with van der Waals surface area (Å²) >= 11 is 0. The molecule has 0 aliphatic carbocycles. The van der Waals surface area contributed by atoms with E-state index in [0.717, 1.165) is 17.9 Å². The molecule has 0 saturated carbocycles. The van der Waals surface area contributed by atoms with Crippen molar-refractivity contribution in [1.82, 2.24) is 9.55 Å². The molecule has 94 valence electrons. The zero-order chi connectivity index (χ0) is 13.0. The summed E-state index contributed by atoms with van der Waals surface area (Å²) in [6.45, 7) is 2.11. The molecule has 0 atom stereocenters. The number of nitrogens with zero attached hydrogens (tertiary/aromatic N) is 2. The summed E-state index contributed by atoms with van der Waals surface area (Å²) in [7, 11) is 1.88. The molecule has 0 fully saturated rings. The maximum atomic E-state index is 11.8. The van der Waals surface area contributed by atoms with Gasteiger partial charge in [0.2, 0.25) is 5.91 Å². The third-order valence-corrected chi connectivity index (χ3v) is 2.89. The first-order valence-electron chi connectivity index (χ1n) is 6.04. The number of carbonyl (C=O) groups is 1. The lowest BCUT2D eigenvalue weighted by atomic mass is 10.1. The number of hydrogen-bond acceptors (Lipinski definition) is 2. The van der Waals surface area contributed by atoms with E-state index in [1.54, 1.807) is 6.20 Å². The van der Waals surface area contributed by atoms with E-state index >= 15 is 0 Å². The molecule has 0 unspecified atom stereocenters. The average Bonchev–Trinajstić information content (AvgIpc) is 2.76. The van der Waals surface area contributed by atoms with Crippen LogP contribution in [0, 0.1) is 0 Å². The highest BCUT2D eigenvalue weighted by Crippen LogP contribution is 2.10. The van der Waals surface area contributed by atoms with Gasteiger partial charge in [-0.25, -0.2) is 4.98 Å². The number of hydrogen-bond donors (Lipinski definition) is 1. The van der Waals surface area contributed by atoms with E-state index in [0.29, 0.717) is 6.42 Å². The van der Waals surface area contributed by atoms with E-state index in [2.05, 4.69) is 17.2 Å². The van der Waals surface area contributed by atoms with Gasteiger partial charge >= 0.3 is 0 Å². The molecule has 0 radical (unpaired) electrons. The van der Waals surface area contributed by atoms with Crippen molar-refractivity contribution >= 4 is 11.6 Å². The number of imidazole rings is 1. The smallest absolute Gasteiger partial charge is 0.231 e. The van der Waals surface area contributed by atoms with Crippen LogP contribution in [0.5, 0.6) is 0 Å². The van der Waals surface area contributed by atoms with Crippen LogP contribution >= 0.6 is 0 Å². The Labute approximate surface area is 107 Å². The Morgan fingerprint density at radius 3 is 2.61 bits per heavy atom. The monoisotopic (exact) mass is 243 g/mol. The average molecular weight is 243 g/mol. The van der Waals surface area contributed by atoms with Gasteiger partial charge in [0.1, 0.15) is 5.82 Å². The van der Waals surface area contributed by atoms with E-state index in [-0.39, 0.29) is 5.91 Å². The molecule has 2 aromatic rings. The minimum absolute atomic E-state index is 0.0476. The van der Waals surface area contributed by atoms with E-state index in [1.165, 1.54) is 5.56 Å². The van der Waals surface area contributed by atoms with Gasteiger partial charge in [-0.3, -0.25) is 4.79 Å². The molecule has 0 aliphatic heterocycles. The van der Waals surface area contributed by atoms with Gasteiger partial charge in [0, 0.05) is 25.1 Å². The van der Waals surface area contributed by atoms with Gasteiger partial charge in [-0.05, 0) is 24.1 Å². The molecule has 1 N–H and O–H groups in total. The lowest BCUT2D eigenvalue weighted by Gasteiger charge is -2.06. The summed E-state index contributed by atoms with van der Waals surface area (Å²) < 4.78 is 1.85. The fraction of sp³-hybridized carbons (Fsp3) is 0.286. The first kappa shape index (κ1) is 12.4. The Morgan fingerprint density at radius 2 is 2.06 bits per heavy atom. The van der Waals surface area contributed by atoms with Crippen LogP contribution in [0.2, 0.25) is 0 Å². The maximum absolute atomic E-state index is 11.8. The normalized spacial score (nSPS) is 10.3. The number of aryl methyl sites for hydroxylation is 2. The molecular weight excluding hydrogens is 226 g/mol. The SMILES string of the molecule is CCc1ccc(NC(=O)Cc2nccn2C)cc1. The van der Waals surface area contributed by atoms with Gasteiger partial charge in [-0.2, -0.15) is 0 Å². The fourth-order valence-corrected chi connectivity index (χ4v) is 1.74. The van der Waals surface area contributed by atoms with Crippen LogP contribution in [0.1, 0.15) is 18.3 Å². The number of carbonyl (C=O) groups excluding carboxylic acids is 1. The number of rotatable bonds is 4. The molecule has 0 saturated heterocycles. The predicted molar refractivity (Wildman–Crippen MR) is 71.4 cm³/mol. The third-order valence-electron chi connectivity index (χ3n) is 2.89. The van der Waals surface area contributed by atoms with Crippen molar-refractivity contribution in [3.63, 3.8) is 0 Å². The largest absolute Gasteiger partial charge is 0.338 e. The quantitative estimate of drug-likeness (QED) is 0.894. The number of nitrogens with one attached hydrogen (secondary N) is 1. The summed E-state index contributed by atoms with van der Waals surface area (Å²) in [5.74, 6) is 0.714. The zero-order valence-electron chi connectivity index (χ0n) is 10.7. The summed E-state index contributed by atoms with van der Waals surface area (Å²) in [6.07, 6.45) is 4.82. The standard InChI is InChI=1S/C14H17N3O/c1-3-11-4-6-12(7-5-11)16-14(18)10-13-15-8-9-17(13)2/h4-9H,3,10H2,1-2H3,(H,16,18). The van der Waals surface area contributed by atoms with Crippen molar-refractivity contribution < 1.29 is 4.79 Å². The lowest BCUT2D eigenvalue weighted by molar-refractivity contribution is -0.115. The van der Waals surface area contributed by atoms with E-state index in [9.17, 15) is 4.79 Å². The summed E-state index contributed by atoms with van der Waals surface area (Å²) in [5.41, 5.74) is 2.09. The highest BCUT2D eigenvalue weighted by molar-refractivity contribution is 5.91. The second-order valence-corrected chi connectivity index (χ2v) is 4.23. The molecule has 1 amide bonds. The van der Waals surface area contributed by atoms with Crippen molar-refractivity contribution in [3.05, 3.63) is 48.0 Å². The minimum Gasteiger partial charge on any atom is -0.338 e. The Balaban J connectivity index is 1.96. The van der Waals surface area contributed by atoms with Crippen molar-refractivity contribution in [2.24, 2.45) is 7.05 Å². The minimum atomic E-state index is -0.0476. The van der Waals surface area contributed by atoms with Gasteiger partial charge in [0.25, 0.3) is 0 Å². The van der Waals surface area contributed by atoms with Crippen LogP contribution in [0.3, 0.4) is 0 Å². The Kier molecular flexibility index (Phi) is 3.77. The van der Waals surface area contributed by atoms with Gasteiger partial charge in [0.05, 0.1) is 6.42 Å². The molecule has 0 spiro atoms. The van der Waals surface area contributed by atoms with Crippen LogP contribution in [-0.4, -0.2) is 15.5 Å². The molecule has 18 heavy (non-hydrogen) atoms.